The summed E-state index contributed by atoms with van der Waals surface area (Å²) in [5.41, 5.74) is 0. The highest BCUT2D eigenvalue weighted by Gasteiger charge is 2.25. The molecule has 2 heterocycles. The van der Waals surface area contributed by atoms with Gasteiger partial charge in [-0.05, 0) is 39.8 Å². The molecule has 0 spiro atoms. The molecule has 1 N–H and O–H groups in total. The molecule has 1 aliphatic rings. The molecule has 0 amide bonds. The second kappa shape index (κ2) is 5.85. The minimum Gasteiger partial charge on any atom is -0.445 e. The standard InChI is InChI=1S/C14H24N2O2/c1-10(2)16-6-4-12(5-7-16)14-15-8-13(18-14)11(3)9-17/h8,10-12,17H,4-7,9H2,1-3H3. The summed E-state index contributed by atoms with van der Waals surface area (Å²) in [5.74, 6) is 2.15. The van der Waals surface area contributed by atoms with Gasteiger partial charge in [-0.25, -0.2) is 4.98 Å². The SMILES string of the molecule is CC(CO)c1cnc(C2CCN(C(C)C)CC2)o1. The van der Waals surface area contributed by atoms with E-state index in [0.717, 1.165) is 37.6 Å². The molecule has 4 nitrogen and oxygen atoms in total. The Morgan fingerprint density at radius 3 is 2.61 bits per heavy atom. The molecule has 0 aliphatic carbocycles. The molecule has 4 heteroatoms. The number of likely N-dealkylation sites (tertiary alicyclic amines) is 1. The van der Waals surface area contributed by atoms with Gasteiger partial charge < -0.3 is 14.4 Å². The van der Waals surface area contributed by atoms with Gasteiger partial charge in [0.2, 0.25) is 0 Å². The number of aliphatic hydroxyl groups excluding tert-OH is 1. The van der Waals surface area contributed by atoms with E-state index in [1.807, 2.05) is 6.92 Å². The van der Waals surface area contributed by atoms with E-state index in [0.29, 0.717) is 12.0 Å². The van der Waals surface area contributed by atoms with E-state index >= 15 is 0 Å². The van der Waals surface area contributed by atoms with Crippen molar-refractivity contribution in [3.05, 3.63) is 17.8 Å². The fourth-order valence-corrected chi connectivity index (χ4v) is 2.47. The second-order valence-corrected chi connectivity index (χ2v) is 5.59. The first kappa shape index (κ1) is 13.6. The van der Waals surface area contributed by atoms with Gasteiger partial charge in [0, 0.05) is 17.9 Å². The molecule has 102 valence electrons. The van der Waals surface area contributed by atoms with Crippen molar-refractivity contribution in [2.45, 2.75) is 51.5 Å². The van der Waals surface area contributed by atoms with Crippen LogP contribution in [0.25, 0.3) is 0 Å². The van der Waals surface area contributed by atoms with E-state index in [9.17, 15) is 0 Å². The Bertz CT molecular complexity index is 368. The third-order valence-electron chi connectivity index (χ3n) is 3.91. The zero-order valence-corrected chi connectivity index (χ0v) is 11.6. The average Bonchev–Trinajstić information content (AvgIpc) is 2.87. The summed E-state index contributed by atoms with van der Waals surface area (Å²) in [5, 5.41) is 9.11. The van der Waals surface area contributed by atoms with E-state index in [4.69, 9.17) is 9.52 Å². The lowest BCUT2D eigenvalue weighted by molar-refractivity contribution is 0.161. The van der Waals surface area contributed by atoms with Gasteiger partial charge in [-0.1, -0.05) is 6.92 Å². The first-order valence-electron chi connectivity index (χ1n) is 6.92. The minimum absolute atomic E-state index is 0.0435. The van der Waals surface area contributed by atoms with Gasteiger partial charge in [-0.3, -0.25) is 0 Å². The van der Waals surface area contributed by atoms with Gasteiger partial charge in [0.25, 0.3) is 0 Å². The monoisotopic (exact) mass is 252 g/mol. The highest BCUT2D eigenvalue weighted by molar-refractivity contribution is 5.04. The first-order valence-corrected chi connectivity index (χ1v) is 6.92. The Balaban J connectivity index is 1.95. The first-order chi connectivity index (χ1) is 8.61. The molecular weight excluding hydrogens is 228 g/mol. The lowest BCUT2D eigenvalue weighted by Crippen LogP contribution is -2.37. The topological polar surface area (TPSA) is 49.5 Å². The van der Waals surface area contributed by atoms with E-state index in [-0.39, 0.29) is 12.5 Å². The molecule has 1 saturated heterocycles. The molecule has 1 aromatic heterocycles. The smallest absolute Gasteiger partial charge is 0.197 e. The van der Waals surface area contributed by atoms with E-state index in [1.54, 1.807) is 6.20 Å². The van der Waals surface area contributed by atoms with Crippen molar-refractivity contribution >= 4 is 0 Å². The third kappa shape index (κ3) is 2.93. The summed E-state index contributed by atoms with van der Waals surface area (Å²) in [4.78, 5) is 6.88. The van der Waals surface area contributed by atoms with Gasteiger partial charge in [-0.15, -0.1) is 0 Å². The maximum Gasteiger partial charge on any atom is 0.197 e. The number of nitrogens with zero attached hydrogens (tertiary/aromatic N) is 2. The summed E-state index contributed by atoms with van der Waals surface area (Å²) in [6, 6.07) is 0.625. The van der Waals surface area contributed by atoms with Crippen LogP contribution in [0.2, 0.25) is 0 Å². The van der Waals surface area contributed by atoms with Crippen LogP contribution in [0.3, 0.4) is 0 Å². The summed E-state index contributed by atoms with van der Waals surface area (Å²) >= 11 is 0. The molecular formula is C14H24N2O2. The van der Waals surface area contributed by atoms with Crippen LogP contribution in [0, 0.1) is 0 Å². The van der Waals surface area contributed by atoms with E-state index < -0.39 is 0 Å². The predicted octanol–water partition coefficient (Wildman–Crippen LogP) is 2.36. The maximum absolute atomic E-state index is 9.11. The van der Waals surface area contributed by atoms with Crippen LogP contribution in [0.5, 0.6) is 0 Å². The number of oxazole rings is 1. The lowest BCUT2D eigenvalue weighted by Gasteiger charge is -2.33. The normalized spacial score (nSPS) is 20.5. The average molecular weight is 252 g/mol. The molecule has 1 aliphatic heterocycles. The maximum atomic E-state index is 9.11. The molecule has 0 radical (unpaired) electrons. The summed E-state index contributed by atoms with van der Waals surface area (Å²) in [7, 11) is 0. The van der Waals surface area contributed by atoms with Crippen molar-refractivity contribution in [2.24, 2.45) is 0 Å². The van der Waals surface area contributed by atoms with Gasteiger partial charge in [-0.2, -0.15) is 0 Å². The molecule has 1 atom stereocenters. The highest BCUT2D eigenvalue weighted by Crippen LogP contribution is 2.29. The molecule has 0 aromatic carbocycles. The van der Waals surface area contributed by atoms with Gasteiger partial charge in [0.15, 0.2) is 5.89 Å². The zero-order chi connectivity index (χ0) is 13.1. The van der Waals surface area contributed by atoms with Crippen LogP contribution in [-0.4, -0.2) is 40.7 Å². The van der Waals surface area contributed by atoms with Gasteiger partial charge in [0.1, 0.15) is 5.76 Å². The lowest BCUT2D eigenvalue weighted by atomic mass is 9.96. The van der Waals surface area contributed by atoms with Crippen molar-refractivity contribution in [1.82, 2.24) is 9.88 Å². The number of rotatable bonds is 4. The van der Waals surface area contributed by atoms with Crippen molar-refractivity contribution in [3.8, 4) is 0 Å². The van der Waals surface area contributed by atoms with Crippen LogP contribution >= 0.6 is 0 Å². The van der Waals surface area contributed by atoms with Crippen molar-refractivity contribution in [1.29, 1.82) is 0 Å². The molecule has 18 heavy (non-hydrogen) atoms. The highest BCUT2D eigenvalue weighted by atomic mass is 16.4. The van der Waals surface area contributed by atoms with Crippen LogP contribution in [0.15, 0.2) is 10.6 Å². The second-order valence-electron chi connectivity index (χ2n) is 5.59. The molecule has 1 aromatic rings. The Kier molecular flexibility index (Phi) is 4.40. The van der Waals surface area contributed by atoms with Crippen molar-refractivity contribution in [2.75, 3.05) is 19.7 Å². The Labute approximate surface area is 109 Å². The fraction of sp³-hybridized carbons (Fsp3) is 0.786. The number of aliphatic hydroxyl groups is 1. The zero-order valence-electron chi connectivity index (χ0n) is 11.6. The fourth-order valence-electron chi connectivity index (χ4n) is 2.47. The van der Waals surface area contributed by atoms with Crippen molar-refractivity contribution < 1.29 is 9.52 Å². The molecule has 1 unspecified atom stereocenters. The molecule has 0 bridgehead atoms. The van der Waals surface area contributed by atoms with Gasteiger partial charge in [0.05, 0.1) is 12.8 Å². The Hall–Kier alpha value is -0.870. The quantitative estimate of drug-likeness (QED) is 0.893. The minimum atomic E-state index is 0.0435. The Morgan fingerprint density at radius 1 is 1.39 bits per heavy atom. The Morgan fingerprint density at radius 2 is 2.06 bits per heavy atom. The predicted molar refractivity (Wildman–Crippen MR) is 70.7 cm³/mol. The molecule has 2 rings (SSSR count). The van der Waals surface area contributed by atoms with Gasteiger partial charge >= 0.3 is 0 Å². The van der Waals surface area contributed by atoms with Crippen molar-refractivity contribution in [3.63, 3.8) is 0 Å². The van der Waals surface area contributed by atoms with Crippen LogP contribution in [-0.2, 0) is 0 Å². The number of hydrogen-bond acceptors (Lipinski definition) is 4. The van der Waals surface area contributed by atoms with Crippen LogP contribution in [0.4, 0.5) is 0 Å². The number of aromatic nitrogens is 1. The summed E-state index contributed by atoms with van der Waals surface area (Å²) < 4.78 is 5.78. The van der Waals surface area contributed by atoms with Crippen LogP contribution < -0.4 is 0 Å². The summed E-state index contributed by atoms with van der Waals surface area (Å²) in [6.45, 7) is 8.79. The van der Waals surface area contributed by atoms with Crippen LogP contribution in [0.1, 0.15) is 57.1 Å². The molecule has 0 saturated carbocycles. The van der Waals surface area contributed by atoms with E-state index in [1.165, 1.54) is 0 Å². The number of piperidine rings is 1. The number of hydrogen-bond donors (Lipinski definition) is 1. The third-order valence-corrected chi connectivity index (χ3v) is 3.91. The van der Waals surface area contributed by atoms with E-state index in [2.05, 4.69) is 23.7 Å². The summed E-state index contributed by atoms with van der Waals surface area (Å²) in [6.07, 6.45) is 4.00. The molecule has 1 fully saturated rings. The largest absolute Gasteiger partial charge is 0.445 e.